The molecule has 1 saturated carbocycles. The van der Waals surface area contributed by atoms with Gasteiger partial charge in [0.15, 0.2) is 0 Å². The number of hydrogen-bond acceptors (Lipinski definition) is 2. The Morgan fingerprint density at radius 1 is 1.28 bits per heavy atom. The Labute approximate surface area is 113 Å². The van der Waals surface area contributed by atoms with Crippen molar-refractivity contribution in [2.45, 2.75) is 49.6 Å². The molecule has 1 aromatic rings. The Kier molecular flexibility index (Phi) is 3.62. The maximum absolute atomic E-state index is 13.8. The monoisotopic (exact) mass is 265 g/mol. The molecule has 1 aliphatic carbocycles. The number of halogens is 1. The summed E-state index contributed by atoms with van der Waals surface area (Å²) < 4.78 is 13.8. The van der Waals surface area contributed by atoms with Gasteiger partial charge in [-0.25, -0.2) is 4.39 Å². The van der Waals surface area contributed by atoms with Gasteiger partial charge >= 0.3 is 0 Å². The first-order chi connectivity index (χ1) is 8.74. The van der Waals surface area contributed by atoms with E-state index in [0.29, 0.717) is 12.1 Å². The summed E-state index contributed by atoms with van der Waals surface area (Å²) in [6, 6.07) is 6.48. The van der Waals surface area contributed by atoms with Crippen molar-refractivity contribution in [3.63, 3.8) is 0 Å². The molecular formula is C15H20FNS. The second-order valence-electron chi connectivity index (χ2n) is 5.63. The third kappa shape index (κ3) is 2.43. The van der Waals surface area contributed by atoms with Crippen molar-refractivity contribution in [1.29, 1.82) is 0 Å². The Balaban J connectivity index is 1.77. The van der Waals surface area contributed by atoms with Crippen LogP contribution in [0, 0.1) is 11.7 Å². The maximum Gasteiger partial charge on any atom is 0.137 e. The van der Waals surface area contributed by atoms with Gasteiger partial charge in [0.25, 0.3) is 0 Å². The van der Waals surface area contributed by atoms with Gasteiger partial charge in [0.2, 0.25) is 0 Å². The first-order valence-corrected chi connectivity index (χ1v) is 7.90. The zero-order valence-electron chi connectivity index (χ0n) is 10.8. The van der Waals surface area contributed by atoms with E-state index < -0.39 is 0 Å². The minimum atomic E-state index is -0.0520. The van der Waals surface area contributed by atoms with Crippen molar-refractivity contribution in [3.05, 3.63) is 29.6 Å². The summed E-state index contributed by atoms with van der Waals surface area (Å²) >= 11 is 1.66. The first-order valence-electron chi connectivity index (χ1n) is 6.91. The van der Waals surface area contributed by atoms with Gasteiger partial charge in [-0.1, -0.05) is 19.1 Å². The highest BCUT2D eigenvalue weighted by atomic mass is 32.2. The van der Waals surface area contributed by atoms with Gasteiger partial charge in [-0.05, 0) is 49.0 Å². The van der Waals surface area contributed by atoms with E-state index in [1.807, 2.05) is 6.07 Å². The average molecular weight is 265 g/mol. The van der Waals surface area contributed by atoms with Crippen LogP contribution in [0.2, 0.25) is 0 Å². The third-order valence-corrected chi connectivity index (χ3v) is 5.32. The summed E-state index contributed by atoms with van der Waals surface area (Å²) in [5.41, 5.74) is 1.17. The second-order valence-corrected chi connectivity index (χ2v) is 6.73. The van der Waals surface area contributed by atoms with Gasteiger partial charge in [-0.15, -0.1) is 11.8 Å². The van der Waals surface area contributed by atoms with Crippen molar-refractivity contribution in [2.75, 3.05) is 5.75 Å². The van der Waals surface area contributed by atoms with E-state index >= 15 is 0 Å². The topological polar surface area (TPSA) is 12.0 Å². The highest BCUT2D eigenvalue weighted by molar-refractivity contribution is 7.99. The van der Waals surface area contributed by atoms with E-state index in [-0.39, 0.29) is 5.82 Å². The Morgan fingerprint density at radius 2 is 2.17 bits per heavy atom. The SMILES string of the molecule is CC1CCC(NC2CCSc3c(F)cccc32)C1. The molecule has 0 spiro atoms. The highest BCUT2D eigenvalue weighted by Crippen LogP contribution is 2.39. The molecule has 0 bridgehead atoms. The molecule has 1 aliphatic heterocycles. The minimum absolute atomic E-state index is 0.0520. The standard InChI is InChI=1S/C15H20FNS/c1-10-5-6-11(9-10)17-14-7-8-18-15-12(14)3-2-4-13(15)16/h2-4,10-11,14,17H,5-9H2,1H3. The molecular weight excluding hydrogens is 245 g/mol. The summed E-state index contributed by atoms with van der Waals surface area (Å²) in [7, 11) is 0. The molecule has 0 radical (unpaired) electrons. The van der Waals surface area contributed by atoms with Gasteiger partial charge in [-0.2, -0.15) is 0 Å². The fraction of sp³-hybridized carbons (Fsp3) is 0.600. The predicted molar refractivity (Wildman–Crippen MR) is 74.4 cm³/mol. The van der Waals surface area contributed by atoms with E-state index in [0.717, 1.165) is 23.0 Å². The lowest BCUT2D eigenvalue weighted by molar-refractivity contribution is 0.413. The van der Waals surface area contributed by atoms with Crippen LogP contribution in [0.25, 0.3) is 0 Å². The van der Waals surface area contributed by atoms with Crippen molar-refractivity contribution in [2.24, 2.45) is 5.92 Å². The van der Waals surface area contributed by atoms with Gasteiger partial charge in [0.05, 0.1) is 0 Å². The van der Waals surface area contributed by atoms with Crippen LogP contribution in [-0.4, -0.2) is 11.8 Å². The van der Waals surface area contributed by atoms with E-state index in [2.05, 4.69) is 18.3 Å². The molecule has 3 atom stereocenters. The second kappa shape index (κ2) is 5.22. The predicted octanol–water partition coefficient (Wildman–Crippen LogP) is 4.14. The zero-order chi connectivity index (χ0) is 12.5. The quantitative estimate of drug-likeness (QED) is 0.862. The molecule has 2 aliphatic rings. The minimum Gasteiger partial charge on any atom is -0.307 e. The van der Waals surface area contributed by atoms with Crippen molar-refractivity contribution in [1.82, 2.24) is 5.32 Å². The van der Waals surface area contributed by atoms with E-state index in [9.17, 15) is 4.39 Å². The molecule has 0 aromatic heterocycles. The lowest BCUT2D eigenvalue weighted by atomic mass is 10.0. The van der Waals surface area contributed by atoms with Crippen LogP contribution in [-0.2, 0) is 0 Å². The van der Waals surface area contributed by atoms with E-state index in [4.69, 9.17) is 0 Å². The normalized spacial score (nSPS) is 31.3. The van der Waals surface area contributed by atoms with Crippen LogP contribution in [0.1, 0.15) is 44.2 Å². The van der Waals surface area contributed by atoms with Crippen molar-refractivity contribution < 1.29 is 4.39 Å². The number of nitrogens with one attached hydrogen (secondary N) is 1. The van der Waals surface area contributed by atoms with E-state index in [1.165, 1.54) is 24.8 Å². The Bertz CT molecular complexity index is 435. The van der Waals surface area contributed by atoms with Crippen molar-refractivity contribution >= 4 is 11.8 Å². The first kappa shape index (κ1) is 12.5. The Hall–Kier alpha value is -0.540. The van der Waals surface area contributed by atoms with Crippen LogP contribution in [0.5, 0.6) is 0 Å². The Morgan fingerprint density at radius 3 is 2.94 bits per heavy atom. The molecule has 18 heavy (non-hydrogen) atoms. The molecule has 1 aromatic carbocycles. The third-order valence-electron chi connectivity index (χ3n) is 4.16. The fourth-order valence-electron chi connectivity index (χ4n) is 3.20. The molecule has 1 nitrogen and oxygen atoms in total. The summed E-state index contributed by atoms with van der Waals surface area (Å²) in [4.78, 5) is 0.868. The lowest BCUT2D eigenvalue weighted by Crippen LogP contribution is -2.33. The molecule has 1 N–H and O–H groups in total. The molecule has 3 unspecified atom stereocenters. The summed E-state index contributed by atoms with van der Waals surface area (Å²) in [5.74, 6) is 1.81. The van der Waals surface area contributed by atoms with Crippen LogP contribution in [0.3, 0.4) is 0 Å². The van der Waals surface area contributed by atoms with Gasteiger partial charge in [-0.3, -0.25) is 0 Å². The molecule has 3 rings (SSSR count). The van der Waals surface area contributed by atoms with Crippen molar-refractivity contribution in [3.8, 4) is 0 Å². The summed E-state index contributed by atoms with van der Waals surface area (Å²) in [6.07, 6.45) is 4.99. The largest absolute Gasteiger partial charge is 0.307 e. The van der Waals surface area contributed by atoms with Gasteiger partial charge < -0.3 is 5.32 Å². The summed E-state index contributed by atoms with van der Waals surface area (Å²) in [5, 5.41) is 3.75. The molecule has 3 heteroatoms. The molecule has 0 saturated heterocycles. The molecule has 1 fully saturated rings. The smallest absolute Gasteiger partial charge is 0.137 e. The number of thioether (sulfide) groups is 1. The molecule has 0 amide bonds. The van der Waals surface area contributed by atoms with Crippen LogP contribution in [0.15, 0.2) is 23.1 Å². The maximum atomic E-state index is 13.8. The highest BCUT2D eigenvalue weighted by Gasteiger charge is 2.28. The van der Waals surface area contributed by atoms with Crippen LogP contribution < -0.4 is 5.32 Å². The lowest BCUT2D eigenvalue weighted by Gasteiger charge is -2.29. The fourth-order valence-corrected chi connectivity index (χ4v) is 4.34. The van der Waals surface area contributed by atoms with Crippen LogP contribution >= 0.6 is 11.8 Å². The van der Waals surface area contributed by atoms with Crippen LogP contribution in [0.4, 0.5) is 4.39 Å². The molecule has 98 valence electrons. The van der Waals surface area contributed by atoms with E-state index in [1.54, 1.807) is 17.8 Å². The number of benzene rings is 1. The van der Waals surface area contributed by atoms with Gasteiger partial charge in [0.1, 0.15) is 5.82 Å². The average Bonchev–Trinajstić information content (AvgIpc) is 2.76. The number of hydrogen-bond donors (Lipinski definition) is 1. The van der Waals surface area contributed by atoms with Gasteiger partial charge in [0, 0.05) is 17.0 Å². The number of fused-ring (bicyclic) bond motifs is 1. The zero-order valence-corrected chi connectivity index (χ0v) is 11.6. The molecule has 1 heterocycles. The summed E-state index contributed by atoms with van der Waals surface area (Å²) in [6.45, 7) is 2.33. The number of rotatable bonds is 2.